The second-order valence-electron chi connectivity index (χ2n) is 11.3. The predicted molar refractivity (Wildman–Crippen MR) is 188 cm³/mol. The minimum Gasteiger partial charge on any atom is -0.489 e. The van der Waals surface area contributed by atoms with Gasteiger partial charge in [-0.15, -0.1) is 0 Å². The van der Waals surface area contributed by atoms with Crippen molar-refractivity contribution in [2.45, 2.75) is 51.9 Å². The van der Waals surface area contributed by atoms with E-state index in [1.807, 2.05) is 74.5 Å². The lowest BCUT2D eigenvalue weighted by molar-refractivity contribution is -0.140. The molecule has 4 aromatic rings. The smallest absolute Gasteiger partial charge is 0.244 e. The van der Waals surface area contributed by atoms with Crippen LogP contribution in [0.2, 0.25) is 10.0 Å². The van der Waals surface area contributed by atoms with Crippen molar-refractivity contribution in [2.24, 2.45) is 0 Å². The van der Waals surface area contributed by atoms with Crippen LogP contribution < -0.4 is 14.4 Å². The highest BCUT2D eigenvalue weighted by atomic mass is 35.5. The lowest BCUT2D eigenvalue weighted by atomic mass is 10.0. The standard InChI is InChI=1S/C36H39Cl2N3O5S/c1-4-26(2)39-36(43)34(22-27-11-7-5-8-12-27)40(23-29-15-20-32(37)33(38)21-29)35(42)24-41(47(3,44)45)30-16-18-31(19-17-30)46-25-28-13-9-6-10-14-28/h5-21,26,34H,4,22-25H2,1-3H3,(H,39,43)/t26-,34-/m0/s1. The van der Waals surface area contributed by atoms with E-state index in [0.29, 0.717) is 34.4 Å². The number of hydrogen-bond donors (Lipinski definition) is 1. The maximum atomic E-state index is 14.3. The van der Waals surface area contributed by atoms with Crippen molar-refractivity contribution in [3.63, 3.8) is 0 Å². The normalized spacial score (nSPS) is 12.5. The van der Waals surface area contributed by atoms with Gasteiger partial charge in [-0.25, -0.2) is 8.42 Å². The predicted octanol–water partition coefficient (Wildman–Crippen LogP) is 6.89. The number of sulfonamides is 1. The minimum atomic E-state index is -3.92. The molecule has 0 aliphatic rings. The van der Waals surface area contributed by atoms with Crippen LogP contribution >= 0.6 is 23.2 Å². The number of halogens is 2. The summed E-state index contributed by atoms with van der Waals surface area (Å²) in [5, 5.41) is 3.66. The number of anilines is 1. The van der Waals surface area contributed by atoms with Gasteiger partial charge in [0.15, 0.2) is 0 Å². The van der Waals surface area contributed by atoms with Crippen molar-refractivity contribution in [1.82, 2.24) is 10.2 Å². The number of hydrogen-bond acceptors (Lipinski definition) is 5. The molecule has 8 nitrogen and oxygen atoms in total. The van der Waals surface area contributed by atoms with Crippen molar-refractivity contribution < 1.29 is 22.7 Å². The fourth-order valence-electron chi connectivity index (χ4n) is 4.89. The van der Waals surface area contributed by atoms with Crippen LogP contribution in [0.25, 0.3) is 0 Å². The lowest BCUT2D eigenvalue weighted by Crippen LogP contribution is -2.54. The number of nitrogens with zero attached hydrogens (tertiary/aromatic N) is 2. The zero-order valence-corrected chi connectivity index (χ0v) is 28.9. The molecule has 0 heterocycles. The van der Waals surface area contributed by atoms with Crippen molar-refractivity contribution in [2.75, 3.05) is 17.1 Å². The molecule has 0 saturated heterocycles. The van der Waals surface area contributed by atoms with Gasteiger partial charge >= 0.3 is 0 Å². The fraction of sp³-hybridized carbons (Fsp3) is 0.278. The second-order valence-corrected chi connectivity index (χ2v) is 14.1. The van der Waals surface area contributed by atoms with Gasteiger partial charge in [0.2, 0.25) is 21.8 Å². The molecule has 0 spiro atoms. The molecule has 11 heteroatoms. The van der Waals surface area contributed by atoms with Gasteiger partial charge in [0, 0.05) is 19.0 Å². The number of carbonyl (C=O) groups excluding carboxylic acids is 2. The van der Waals surface area contributed by atoms with Gasteiger partial charge in [0.05, 0.1) is 22.0 Å². The molecule has 47 heavy (non-hydrogen) atoms. The Morgan fingerprint density at radius 2 is 1.45 bits per heavy atom. The number of nitrogens with one attached hydrogen (secondary N) is 1. The summed E-state index contributed by atoms with van der Waals surface area (Å²) in [6, 6.07) is 29.4. The summed E-state index contributed by atoms with van der Waals surface area (Å²) in [4.78, 5) is 29.6. The van der Waals surface area contributed by atoms with E-state index in [4.69, 9.17) is 27.9 Å². The van der Waals surface area contributed by atoms with E-state index in [0.717, 1.165) is 21.7 Å². The van der Waals surface area contributed by atoms with E-state index in [1.165, 1.54) is 4.90 Å². The lowest BCUT2D eigenvalue weighted by Gasteiger charge is -2.34. The van der Waals surface area contributed by atoms with E-state index in [-0.39, 0.29) is 30.6 Å². The van der Waals surface area contributed by atoms with Crippen LogP contribution in [0.4, 0.5) is 5.69 Å². The highest BCUT2D eigenvalue weighted by molar-refractivity contribution is 7.92. The molecule has 0 aliphatic heterocycles. The molecule has 2 atom stereocenters. The number of benzene rings is 4. The Hall–Kier alpha value is -4.05. The van der Waals surface area contributed by atoms with Crippen molar-refractivity contribution in [3.05, 3.63) is 130 Å². The molecule has 1 N–H and O–H groups in total. The number of amides is 2. The molecule has 4 aromatic carbocycles. The van der Waals surface area contributed by atoms with Gasteiger partial charge < -0.3 is 15.0 Å². The Balaban J connectivity index is 1.66. The van der Waals surface area contributed by atoms with Crippen LogP contribution in [0.3, 0.4) is 0 Å². The molecule has 0 fully saturated rings. The molecule has 0 unspecified atom stereocenters. The maximum absolute atomic E-state index is 14.3. The first kappa shape index (κ1) is 35.8. The Kier molecular flexibility index (Phi) is 12.7. The van der Waals surface area contributed by atoms with E-state index < -0.39 is 28.5 Å². The van der Waals surface area contributed by atoms with E-state index in [9.17, 15) is 18.0 Å². The molecule has 248 valence electrons. The second kappa shape index (κ2) is 16.7. The summed E-state index contributed by atoms with van der Waals surface area (Å²) in [5.41, 5.74) is 2.75. The summed E-state index contributed by atoms with van der Waals surface area (Å²) in [6.45, 7) is 3.65. The molecular formula is C36H39Cl2N3O5S. The van der Waals surface area contributed by atoms with Crippen LogP contribution in [0.1, 0.15) is 37.0 Å². The van der Waals surface area contributed by atoms with Crippen molar-refractivity contribution in [1.29, 1.82) is 0 Å². The van der Waals surface area contributed by atoms with Gasteiger partial charge in [-0.05, 0) is 66.4 Å². The molecule has 0 bridgehead atoms. The topological polar surface area (TPSA) is 96.0 Å². The Labute approximate surface area is 287 Å². The monoisotopic (exact) mass is 695 g/mol. The van der Waals surface area contributed by atoms with Gasteiger partial charge in [-0.1, -0.05) is 96.9 Å². The molecule has 0 radical (unpaired) electrons. The third-order valence-electron chi connectivity index (χ3n) is 7.66. The number of ether oxygens (including phenoxy) is 1. The average molecular weight is 697 g/mol. The van der Waals surface area contributed by atoms with Gasteiger partial charge in [-0.2, -0.15) is 0 Å². The van der Waals surface area contributed by atoms with Crippen molar-refractivity contribution in [3.8, 4) is 5.75 Å². The van der Waals surface area contributed by atoms with Gasteiger partial charge in [0.25, 0.3) is 0 Å². The SMILES string of the molecule is CC[C@H](C)NC(=O)[C@H](Cc1ccccc1)N(Cc1ccc(Cl)c(Cl)c1)C(=O)CN(c1ccc(OCc2ccccc2)cc1)S(C)(=O)=O. The summed E-state index contributed by atoms with van der Waals surface area (Å²) in [6.07, 6.45) is 1.94. The first-order valence-electron chi connectivity index (χ1n) is 15.3. The largest absolute Gasteiger partial charge is 0.489 e. The van der Waals surface area contributed by atoms with Crippen LogP contribution in [0.15, 0.2) is 103 Å². The minimum absolute atomic E-state index is 0.00891. The fourth-order valence-corrected chi connectivity index (χ4v) is 6.06. The highest BCUT2D eigenvalue weighted by Crippen LogP contribution is 2.26. The third kappa shape index (κ3) is 10.5. The Bertz CT molecular complexity index is 1740. The van der Waals surface area contributed by atoms with Crippen LogP contribution in [0, 0.1) is 0 Å². The van der Waals surface area contributed by atoms with E-state index in [1.54, 1.807) is 42.5 Å². The third-order valence-corrected chi connectivity index (χ3v) is 9.54. The first-order chi connectivity index (χ1) is 22.4. The highest BCUT2D eigenvalue weighted by Gasteiger charge is 2.33. The summed E-state index contributed by atoms with van der Waals surface area (Å²) in [7, 11) is -3.92. The summed E-state index contributed by atoms with van der Waals surface area (Å²) in [5.74, 6) is -0.364. The maximum Gasteiger partial charge on any atom is 0.244 e. The van der Waals surface area contributed by atoms with Crippen LogP contribution in [-0.2, 0) is 39.2 Å². The summed E-state index contributed by atoms with van der Waals surface area (Å²) < 4.78 is 33.1. The molecular weight excluding hydrogens is 657 g/mol. The van der Waals surface area contributed by atoms with Crippen LogP contribution in [-0.4, -0.2) is 50.0 Å². The van der Waals surface area contributed by atoms with Crippen molar-refractivity contribution >= 4 is 50.7 Å². The average Bonchev–Trinajstić information content (AvgIpc) is 3.06. The molecule has 0 aromatic heterocycles. The summed E-state index contributed by atoms with van der Waals surface area (Å²) >= 11 is 12.5. The zero-order valence-electron chi connectivity index (χ0n) is 26.6. The molecule has 0 aliphatic carbocycles. The van der Waals surface area contributed by atoms with Gasteiger partial charge in [0.1, 0.15) is 24.9 Å². The molecule has 4 rings (SSSR count). The zero-order chi connectivity index (χ0) is 34.0. The molecule has 2 amide bonds. The van der Waals surface area contributed by atoms with E-state index >= 15 is 0 Å². The Morgan fingerprint density at radius 1 is 0.830 bits per heavy atom. The van der Waals surface area contributed by atoms with Crippen LogP contribution in [0.5, 0.6) is 5.75 Å². The quantitative estimate of drug-likeness (QED) is 0.146. The first-order valence-corrected chi connectivity index (χ1v) is 17.9. The van der Waals surface area contributed by atoms with E-state index in [2.05, 4.69) is 5.32 Å². The number of carbonyl (C=O) groups is 2. The Morgan fingerprint density at radius 3 is 2.02 bits per heavy atom. The van der Waals surface area contributed by atoms with Gasteiger partial charge in [-0.3, -0.25) is 13.9 Å². The molecule has 0 saturated carbocycles. The number of rotatable bonds is 15.